The molecule has 0 atom stereocenters. The van der Waals surface area contributed by atoms with E-state index in [2.05, 4.69) is 15.6 Å². The first-order valence-electron chi connectivity index (χ1n) is 9.15. The molecule has 0 radical (unpaired) electrons. The molecule has 9 nitrogen and oxygen atoms in total. The van der Waals surface area contributed by atoms with E-state index in [1.54, 1.807) is 49.5 Å². The van der Waals surface area contributed by atoms with Gasteiger partial charge in [0.25, 0.3) is 15.6 Å². The largest absolute Gasteiger partial charge is 0.388 e. The van der Waals surface area contributed by atoms with E-state index in [0.717, 1.165) is 17.0 Å². The lowest BCUT2D eigenvalue weighted by atomic mass is 10.2. The Morgan fingerprint density at radius 2 is 1.78 bits per heavy atom. The first-order chi connectivity index (χ1) is 15.3. The molecule has 164 valence electrons. The Hall–Kier alpha value is -3.41. The highest BCUT2D eigenvalue weighted by molar-refractivity contribution is 7.92. The highest BCUT2D eigenvalue weighted by Gasteiger charge is 2.19. The number of carbonyl (C=O) groups is 1. The number of hydrogen-bond acceptors (Lipinski definition) is 7. The lowest BCUT2D eigenvalue weighted by Gasteiger charge is -2.10. The fourth-order valence-electron chi connectivity index (χ4n) is 2.94. The molecule has 2 aromatic carbocycles. The predicted octanol–water partition coefficient (Wildman–Crippen LogP) is 3.65. The number of thiophene rings is 1. The molecule has 0 aliphatic rings. The van der Waals surface area contributed by atoms with Gasteiger partial charge in [-0.25, -0.2) is 22.9 Å². The molecule has 4 aromatic rings. The minimum absolute atomic E-state index is 0.0713. The molecule has 0 saturated carbocycles. The maximum atomic E-state index is 12.8. The van der Waals surface area contributed by atoms with Crippen LogP contribution in [0.3, 0.4) is 0 Å². The number of benzene rings is 2. The number of fused-ring (bicyclic) bond motifs is 1. The number of aromatic nitrogens is 2. The monoisotopic (exact) mass is 489 g/mol. The molecule has 3 N–H and O–H groups in total. The van der Waals surface area contributed by atoms with Gasteiger partial charge < -0.3 is 10.6 Å². The summed E-state index contributed by atoms with van der Waals surface area (Å²) in [5.74, 6) is 0. The fourth-order valence-corrected chi connectivity index (χ4v) is 5.33. The Kier molecular flexibility index (Phi) is 5.87. The van der Waals surface area contributed by atoms with E-state index >= 15 is 0 Å². The quantitative estimate of drug-likeness (QED) is 0.393. The Balaban J connectivity index is 1.51. The van der Waals surface area contributed by atoms with Crippen molar-refractivity contribution in [3.05, 3.63) is 75.6 Å². The smallest absolute Gasteiger partial charge is 0.333 e. The van der Waals surface area contributed by atoms with E-state index in [1.807, 2.05) is 4.72 Å². The number of hydrogen-bond donors (Lipinski definition) is 3. The summed E-state index contributed by atoms with van der Waals surface area (Å²) >= 11 is 6.59. The van der Waals surface area contributed by atoms with Gasteiger partial charge in [0.1, 0.15) is 10.5 Å². The summed E-state index contributed by atoms with van der Waals surface area (Å²) in [6, 6.07) is 13.4. The SMILES string of the molecule is CNc1ccc2c(=O)n(-c3ccc(NC(=O)NS(=O)(=O)c4ccc(Cl)s4)cc3)cnc2c1. The predicted molar refractivity (Wildman–Crippen MR) is 126 cm³/mol. The molecule has 0 aliphatic carbocycles. The first-order valence-corrected chi connectivity index (χ1v) is 11.8. The molecule has 0 aliphatic heterocycles. The topological polar surface area (TPSA) is 122 Å². The summed E-state index contributed by atoms with van der Waals surface area (Å²) in [6.07, 6.45) is 1.43. The van der Waals surface area contributed by atoms with Gasteiger partial charge in [0.15, 0.2) is 0 Å². The third-order valence-corrected chi connectivity index (χ3v) is 7.55. The van der Waals surface area contributed by atoms with Crippen LogP contribution in [0.15, 0.2) is 69.9 Å². The lowest BCUT2D eigenvalue weighted by Crippen LogP contribution is -2.33. The van der Waals surface area contributed by atoms with Crippen LogP contribution in [-0.2, 0) is 10.0 Å². The average molecular weight is 490 g/mol. The number of amides is 2. The van der Waals surface area contributed by atoms with Crippen molar-refractivity contribution in [3.63, 3.8) is 0 Å². The Bertz CT molecular complexity index is 1480. The minimum atomic E-state index is -4.03. The maximum absolute atomic E-state index is 12.8. The van der Waals surface area contributed by atoms with Gasteiger partial charge in [0, 0.05) is 18.4 Å². The number of halogens is 1. The number of anilines is 2. The number of nitrogens with zero attached hydrogens (tertiary/aromatic N) is 2. The second-order valence-electron chi connectivity index (χ2n) is 6.57. The molecular weight excluding hydrogens is 474 g/mol. The van der Waals surface area contributed by atoms with Crippen LogP contribution < -0.4 is 20.9 Å². The normalized spacial score (nSPS) is 11.3. The number of nitrogens with one attached hydrogen (secondary N) is 3. The van der Waals surface area contributed by atoms with E-state index in [4.69, 9.17) is 11.6 Å². The highest BCUT2D eigenvalue weighted by atomic mass is 35.5. The standard InChI is InChI=1S/C20H16ClN5O4S2/c1-22-13-4-7-15-16(10-13)23-11-26(19(15)27)14-5-2-12(3-6-14)24-20(28)25-32(29,30)18-9-8-17(21)31-18/h2-11,22H,1H3,(H2,24,25,28). The Morgan fingerprint density at radius 3 is 2.44 bits per heavy atom. The molecule has 2 aromatic heterocycles. The van der Waals surface area contributed by atoms with Crippen molar-refractivity contribution in [2.75, 3.05) is 17.7 Å². The zero-order valence-electron chi connectivity index (χ0n) is 16.5. The van der Waals surface area contributed by atoms with Crippen molar-refractivity contribution in [1.29, 1.82) is 0 Å². The van der Waals surface area contributed by atoms with Gasteiger partial charge in [-0.3, -0.25) is 9.36 Å². The first kappa shape index (κ1) is 21.8. The van der Waals surface area contributed by atoms with Gasteiger partial charge in [-0.1, -0.05) is 11.6 Å². The number of urea groups is 1. The number of sulfonamides is 1. The summed E-state index contributed by atoms with van der Waals surface area (Å²) in [4.78, 5) is 29.3. The molecular formula is C20H16ClN5O4S2. The zero-order chi connectivity index (χ0) is 22.9. The molecule has 0 spiro atoms. The van der Waals surface area contributed by atoms with Crippen LogP contribution in [0, 0.1) is 0 Å². The Labute approximate surface area is 191 Å². The van der Waals surface area contributed by atoms with E-state index in [-0.39, 0.29) is 9.77 Å². The van der Waals surface area contributed by atoms with Crippen LogP contribution >= 0.6 is 22.9 Å². The van der Waals surface area contributed by atoms with Crippen molar-refractivity contribution < 1.29 is 13.2 Å². The number of carbonyl (C=O) groups excluding carboxylic acids is 1. The second-order valence-corrected chi connectivity index (χ2v) is 10.2. The van der Waals surface area contributed by atoms with Crippen molar-refractivity contribution >= 4 is 61.3 Å². The molecule has 0 fully saturated rings. The second kappa shape index (κ2) is 8.61. The van der Waals surface area contributed by atoms with Crippen LogP contribution in [0.4, 0.5) is 16.2 Å². The van der Waals surface area contributed by atoms with Crippen LogP contribution in [0.5, 0.6) is 0 Å². The van der Waals surface area contributed by atoms with Crippen LogP contribution in [0.25, 0.3) is 16.6 Å². The molecule has 0 bridgehead atoms. The summed E-state index contributed by atoms with van der Waals surface area (Å²) in [6.45, 7) is 0. The molecule has 0 unspecified atom stereocenters. The molecule has 0 saturated heterocycles. The molecule has 2 amide bonds. The third-order valence-electron chi connectivity index (χ3n) is 4.49. The van der Waals surface area contributed by atoms with Gasteiger partial charge >= 0.3 is 6.03 Å². The zero-order valence-corrected chi connectivity index (χ0v) is 18.9. The van der Waals surface area contributed by atoms with Crippen molar-refractivity contribution in [3.8, 4) is 5.69 Å². The van der Waals surface area contributed by atoms with Crippen LogP contribution in [0.1, 0.15) is 0 Å². The summed E-state index contributed by atoms with van der Waals surface area (Å²) in [7, 11) is -2.24. The van der Waals surface area contributed by atoms with Gasteiger partial charge in [-0.05, 0) is 54.6 Å². The van der Waals surface area contributed by atoms with Crippen molar-refractivity contribution in [2.45, 2.75) is 4.21 Å². The van der Waals surface area contributed by atoms with E-state index in [0.29, 0.717) is 26.6 Å². The molecule has 4 rings (SSSR count). The lowest BCUT2D eigenvalue weighted by molar-refractivity contribution is 0.256. The Morgan fingerprint density at radius 1 is 1.06 bits per heavy atom. The summed E-state index contributed by atoms with van der Waals surface area (Å²) in [5, 5.41) is 5.91. The van der Waals surface area contributed by atoms with E-state index < -0.39 is 16.1 Å². The van der Waals surface area contributed by atoms with Crippen molar-refractivity contribution in [1.82, 2.24) is 14.3 Å². The van der Waals surface area contributed by atoms with E-state index in [1.165, 1.54) is 23.0 Å². The van der Waals surface area contributed by atoms with Crippen LogP contribution in [-0.4, -0.2) is 31.0 Å². The van der Waals surface area contributed by atoms with Gasteiger partial charge in [-0.2, -0.15) is 0 Å². The number of rotatable bonds is 5. The summed E-state index contributed by atoms with van der Waals surface area (Å²) < 4.78 is 27.9. The van der Waals surface area contributed by atoms with Crippen molar-refractivity contribution in [2.24, 2.45) is 0 Å². The molecule has 32 heavy (non-hydrogen) atoms. The molecule has 12 heteroatoms. The molecule has 2 heterocycles. The summed E-state index contributed by atoms with van der Waals surface area (Å²) in [5.41, 5.74) is 2.05. The third kappa shape index (κ3) is 4.44. The average Bonchev–Trinajstić information content (AvgIpc) is 3.21. The van der Waals surface area contributed by atoms with Gasteiger partial charge in [-0.15, -0.1) is 11.3 Å². The van der Waals surface area contributed by atoms with Crippen LogP contribution in [0.2, 0.25) is 4.34 Å². The highest BCUT2D eigenvalue weighted by Crippen LogP contribution is 2.25. The minimum Gasteiger partial charge on any atom is -0.388 e. The van der Waals surface area contributed by atoms with Gasteiger partial charge in [0.2, 0.25) is 0 Å². The van der Waals surface area contributed by atoms with E-state index in [9.17, 15) is 18.0 Å². The maximum Gasteiger partial charge on any atom is 0.333 e. The fraction of sp³-hybridized carbons (Fsp3) is 0.0500. The van der Waals surface area contributed by atoms with Gasteiger partial charge in [0.05, 0.1) is 20.9 Å².